The number of unbranched alkanes of at least 4 members (excludes halogenated alkanes) is 18. The van der Waals surface area contributed by atoms with Crippen LogP contribution in [0.2, 0.25) is 0 Å². The molecule has 1 unspecified atom stereocenters. The standard InChI is InChI=1S/C42H79NO5/c1-7-11-15-19-20-24-28-32-39(31-27-23-18-14-10-4)42(46)48-36-34-43(40(44)37(5)6)33-35-47-41(45)38(29-25-21-16-12-8-2)30-26-22-17-13-9-3/h38-39H,5,7-36H2,1-4,6H3. The first-order valence-electron chi connectivity index (χ1n) is 20.6. The first-order chi connectivity index (χ1) is 23.3. The molecule has 0 saturated heterocycles. The van der Waals surface area contributed by atoms with Crippen LogP contribution in [0.5, 0.6) is 0 Å². The van der Waals surface area contributed by atoms with Gasteiger partial charge in [-0.2, -0.15) is 0 Å². The van der Waals surface area contributed by atoms with Gasteiger partial charge >= 0.3 is 11.9 Å². The second-order valence-electron chi connectivity index (χ2n) is 14.3. The van der Waals surface area contributed by atoms with Crippen molar-refractivity contribution in [3.63, 3.8) is 0 Å². The molecule has 1 atom stereocenters. The maximum Gasteiger partial charge on any atom is 0.308 e. The van der Waals surface area contributed by atoms with Crippen molar-refractivity contribution in [2.45, 2.75) is 202 Å². The van der Waals surface area contributed by atoms with Crippen LogP contribution in [0.4, 0.5) is 0 Å². The number of hydrogen-bond donors (Lipinski definition) is 0. The molecule has 0 saturated carbocycles. The maximum absolute atomic E-state index is 13.2. The maximum atomic E-state index is 13.2. The van der Waals surface area contributed by atoms with Gasteiger partial charge in [-0.1, -0.05) is 176 Å². The normalized spacial score (nSPS) is 11.9. The minimum atomic E-state index is -0.193. The molecule has 0 spiro atoms. The van der Waals surface area contributed by atoms with E-state index in [2.05, 4.69) is 34.3 Å². The van der Waals surface area contributed by atoms with E-state index >= 15 is 0 Å². The van der Waals surface area contributed by atoms with Gasteiger partial charge in [-0.05, 0) is 32.6 Å². The molecule has 6 nitrogen and oxygen atoms in total. The van der Waals surface area contributed by atoms with Gasteiger partial charge in [-0.25, -0.2) is 0 Å². The summed E-state index contributed by atoms with van der Waals surface area (Å²) < 4.78 is 11.6. The zero-order valence-corrected chi connectivity index (χ0v) is 32.6. The number of ether oxygens (including phenoxy) is 2. The molecule has 0 bridgehead atoms. The Balaban J connectivity index is 5.00. The Labute approximate surface area is 297 Å². The lowest BCUT2D eigenvalue weighted by Crippen LogP contribution is -2.38. The van der Waals surface area contributed by atoms with Crippen LogP contribution in [-0.4, -0.2) is 49.0 Å². The van der Waals surface area contributed by atoms with Gasteiger partial charge < -0.3 is 14.4 Å². The lowest BCUT2D eigenvalue weighted by atomic mass is 9.94. The van der Waals surface area contributed by atoms with Crippen molar-refractivity contribution < 1.29 is 23.9 Å². The number of carbonyl (C=O) groups is 3. The highest BCUT2D eigenvalue weighted by molar-refractivity contribution is 5.92. The van der Waals surface area contributed by atoms with Crippen LogP contribution < -0.4 is 0 Å². The van der Waals surface area contributed by atoms with Gasteiger partial charge in [0.2, 0.25) is 5.91 Å². The molecule has 1 amide bonds. The largest absolute Gasteiger partial charge is 0.464 e. The van der Waals surface area contributed by atoms with E-state index in [0.717, 1.165) is 70.6 Å². The van der Waals surface area contributed by atoms with Crippen LogP contribution in [0, 0.1) is 11.8 Å². The van der Waals surface area contributed by atoms with Crippen LogP contribution in [-0.2, 0) is 23.9 Å². The molecular weight excluding hydrogens is 598 g/mol. The molecule has 0 aliphatic carbocycles. The average Bonchev–Trinajstić information content (AvgIpc) is 3.07. The number of rotatable bonds is 35. The fourth-order valence-electron chi connectivity index (χ4n) is 6.42. The summed E-state index contributed by atoms with van der Waals surface area (Å²) in [6.07, 6.45) is 29.8. The van der Waals surface area contributed by atoms with Crippen molar-refractivity contribution in [3.05, 3.63) is 12.2 Å². The zero-order chi connectivity index (χ0) is 35.7. The fourth-order valence-corrected chi connectivity index (χ4v) is 6.42. The monoisotopic (exact) mass is 678 g/mol. The van der Waals surface area contributed by atoms with Crippen LogP contribution in [0.25, 0.3) is 0 Å². The van der Waals surface area contributed by atoms with Gasteiger partial charge in [0, 0.05) is 5.57 Å². The molecule has 0 aromatic heterocycles. The summed E-state index contributed by atoms with van der Waals surface area (Å²) in [5.41, 5.74) is 0.425. The molecule has 0 rings (SSSR count). The summed E-state index contributed by atoms with van der Waals surface area (Å²) in [6.45, 7) is 15.3. The number of carbonyl (C=O) groups excluding carboxylic acids is 3. The van der Waals surface area contributed by atoms with E-state index in [1.807, 2.05) is 0 Å². The number of hydrogen-bond acceptors (Lipinski definition) is 5. The zero-order valence-electron chi connectivity index (χ0n) is 32.6. The van der Waals surface area contributed by atoms with E-state index in [9.17, 15) is 14.4 Å². The summed E-state index contributed by atoms with van der Waals surface area (Å²) in [4.78, 5) is 40.9. The predicted octanol–water partition coefficient (Wildman–Crippen LogP) is 11.9. The van der Waals surface area contributed by atoms with E-state index in [0.29, 0.717) is 5.57 Å². The number of esters is 2. The van der Waals surface area contributed by atoms with Gasteiger partial charge in [0.05, 0.1) is 24.9 Å². The van der Waals surface area contributed by atoms with E-state index in [1.165, 1.54) is 96.3 Å². The molecule has 0 radical (unpaired) electrons. The predicted molar refractivity (Wildman–Crippen MR) is 203 cm³/mol. The van der Waals surface area contributed by atoms with Crippen LogP contribution in [0.3, 0.4) is 0 Å². The highest BCUT2D eigenvalue weighted by Gasteiger charge is 2.23. The smallest absolute Gasteiger partial charge is 0.308 e. The van der Waals surface area contributed by atoms with Crippen LogP contribution in [0.1, 0.15) is 202 Å². The van der Waals surface area contributed by atoms with Crippen molar-refractivity contribution >= 4 is 17.8 Å². The fraction of sp³-hybridized carbons (Fsp3) is 0.881. The summed E-state index contributed by atoms with van der Waals surface area (Å²) in [6, 6.07) is 0. The molecule has 0 aliphatic rings. The summed E-state index contributed by atoms with van der Waals surface area (Å²) >= 11 is 0. The number of nitrogens with zero attached hydrogens (tertiary/aromatic N) is 1. The Bertz CT molecular complexity index is 783. The van der Waals surface area contributed by atoms with E-state index < -0.39 is 0 Å². The first-order valence-corrected chi connectivity index (χ1v) is 20.6. The van der Waals surface area contributed by atoms with Gasteiger partial charge in [-0.3, -0.25) is 14.4 Å². The van der Waals surface area contributed by atoms with Gasteiger partial charge in [0.1, 0.15) is 13.2 Å². The van der Waals surface area contributed by atoms with Gasteiger partial charge in [-0.15, -0.1) is 0 Å². The van der Waals surface area contributed by atoms with Crippen molar-refractivity contribution in [1.29, 1.82) is 0 Å². The first kappa shape index (κ1) is 46.1. The van der Waals surface area contributed by atoms with Crippen LogP contribution in [0.15, 0.2) is 12.2 Å². The molecule has 0 heterocycles. The molecule has 48 heavy (non-hydrogen) atoms. The third-order valence-corrected chi connectivity index (χ3v) is 9.65. The Morgan fingerprint density at radius 2 is 0.750 bits per heavy atom. The minimum absolute atomic E-state index is 0.0743. The van der Waals surface area contributed by atoms with Crippen molar-refractivity contribution in [2.24, 2.45) is 11.8 Å². The Kier molecular flexibility index (Phi) is 32.3. The summed E-state index contributed by atoms with van der Waals surface area (Å²) in [7, 11) is 0. The molecule has 6 heteroatoms. The molecule has 0 N–H and O–H groups in total. The summed E-state index contributed by atoms with van der Waals surface area (Å²) in [5, 5.41) is 0. The molecule has 0 fully saturated rings. The van der Waals surface area contributed by atoms with Gasteiger partial charge in [0.25, 0.3) is 0 Å². The second-order valence-corrected chi connectivity index (χ2v) is 14.3. The molecule has 0 aromatic carbocycles. The Hall–Kier alpha value is -1.85. The third-order valence-electron chi connectivity index (χ3n) is 9.65. The SMILES string of the molecule is C=C(C)C(=O)N(CCOC(=O)C(CCCCCCC)CCCCCCC)CCOC(=O)C(CCCCCCC)CCCCCCCCC. The highest BCUT2D eigenvalue weighted by Crippen LogP contribution is 2.22. The Morgan fingerprint density at radius 3 is 1.02 bits per heavy atom. The van der Waals surface area contributed by atoms with Gasteiger partial charge in [0.15, 0.2) is 0 Å². The third kappa shape index (κ3) is 26.1. The van der Waals surface area contributed by atoms with Crippen molar-refractivity contribution in [2.75, 3.05) is 26.3 Å². The van der Waals surface area contributed by atoms with Crippen LogP contribution >= 0.6 is 0 Å². The topological polar surface area (TPSA) is 72.9 Å². The summed E-state index contributed by atoms with van der Waals surface area (Å²) in [5.74, 6) is -0.612. The van der Waals surface area contributed by atoms with E-state index in [-0.39, 0.29) is 56.0 Å². The number of amides is 1. The molecule has 282 valence electrons. The second kappa shape index (κ2) is 33.6. The highest BCUT2D eigenvalue weighted by atomic mass is 16.5. The minimum Gasteiger partial charge on any atom is -0.464 e. The lowest BCUT2D eigenvalue weighted by molar-refractivity contribution is -0.151. The van der Waals surface area contributed by atoms with Crippen molar-refractivity contribution in [1.82, 2.24) is 4.90 Å². The van der Waals surface area contributed by atoms with E-state index in [1.54, 1.807) is 11.8 Å². The lowest BCUT2D eigenvalue weighted by Gasteiger charge is -2.24. The average molecular weight is 678 g/mol. The molecular formula is C42H79NO5. The van der Waals surface area contributed by atoms with E-state index in [4.69, 9.17) is 9.47 Å². The van der Waals surface area contributed by atoms with Crippen molar-refractivity contribution in [3.8, 4) is 0 Å². The molecule has 0 aliphatic heterocycles. The molecule has 0 aromatic rings. The Morgan fingerprint density at radius 1 is 0.479 bits per heavy atom. The quantitative estimate of drug-likeness (QED) is 0.0379.